The highest BCUT2D eigenvalue weighted by Crippen LogP contribution is 2.24. The molecule has 0 atom stereocenters. The summed E-state index contributed by atoms with van der Waals surface area (Å²) in [5, 5.41) is 20.7. The van der Waals surface area contributed by atoms with E-state index in [1.165, 1.54) is 6.20 Å². The second-order valence-electron chi connectivity index (χ2n) is 4.31. The van der Waals surface area contributed by atoms with Crippen LogP contribution in [-0.2, 0) is 0 Å². The Morgan fingerprint density at radius 1 is 1.09 bits per heavy atom. The molecule has 0 spiro atoms. The molecular formula is C17H10ClN3O. The number of anilines is 1. The normalized spacial score (nSPS) is 9.23. The lowest BCUT2D eigenvalue weighted by molar-refractivity contribution is 0.103. The van der Waals surface area contributed by atoms with Crippen molar-refractivity contribution in [2.45, 2.75) is 0 Å². The Balaban J connectivity index is 2.41. The van der Waals surface area contributed by atoms with Crippen molar-refractivity contribution >= 4 is 23.1 Å². The lowest BCUT2D eigenvalue weighted by Gasteiger charge is -2.09. The van der Waals surface area contributed by atoms with Gasteiger partial charge in [0.15, 0.2) is 5.78 Å². The molecule has 0 radical (unpaired) electrons. The van der Waals surface area contributed by atoms with E-state index < -0.39 is 0 Å². The third-order valence-electron chi connectivity index (χ3n) is 2.88. The van der Waals surface area contributed by atoms with E-state index in [2.05, 4.69) is 5.32 Å². The third kappa shape index (κ3) is 3.52. The van der Waals surface area contributed by atoms with Crippen molar-refractivity contribution in [3.05, 3.63) is 76.5 Å². The van der Waals surface area contributed by atoms with E-state index in [1.807, 2.05) is 6.07 Å². The predicted octanol–water partition coefficient (Wildman–Crippen LogP) is 3.91. The monoisotopic (exact) mass is 307 g/mol. The van der Waals surface area contributed by atoms with Crippen molar-refractivity contribution < 1.29 is 4.79 Å². The molecule has 0 saturated heterocycles. The number of allylic oxidation sites excluding steroid dienone is 1. The fraction of sp³-hybridized carbons (Fsp3) is 0. The third-order valence-corrected chi connectivity index (χ3v) is 3.11. The van der Waals surface area contributed by atoms with Gasteiger partial charge >= 0.3 is 0 Å². The summed E-state index contributed by atoms with van der Waals surface area (Å²) in [6.07, 6.45) is 1.25. The minimum atomic E-state index is -0.200. The van der Waals surface area contributed by atoms with Crippen molar-refractivity contribution in [1.29, 1.82) is 10.5 Å². The number of carbonyl (C=O) groups is 1. The van der Waals surface area contributed by atoms with Crippen molar-refractivity contribution in [3.63, 3.8) is 0 Å². The zero-order chi connectivity index (χ0) is 15.9. The number of hydrogen-bond donors (Lipinski definition) is 1. The molecule has 0 aromatic heterocycles. The maximum absolute atomic E-state index is 12.6. The van der Waals surface area contributed by atoms with Crippen LogP contribution in [0.5, 0.6) is 0 Å². The average Bonchev–Trinajstić information content (AvgIpc) is 2.57. The van der Waals surface area contributed by atoms with Gasteiger partial charge in [-0.15, -0.1) is 0 Å². The van der Waals surface area contributed by atoms with Gasteiger partial charge < -0.3 is 5.32 Å². The molecule has 0 saturated carbocycles. The van der Waals surface area contributed by atoms with Crippen LogP contribution < -0.4 is 5.32 Å². The van der Waals surface area contributed by atoms with Crippen molar-refractivity contribution in [3.8, 4) is 12.1 Å². The first-order valence-electron chi connectivity index (χ1n) is 6.32. The first kappa shape index (κ1) is 15.3. The molecule has 4 nitrogen and oxygen atoms in total. The summed E-state index contributed by atoms with van der Waals surface area (Å²) in [6.45, 7) is 0. The summed E-state index contributed by atoms with van der Waals surface area (Å²) in [7, 11) is 0. The van der Waals surface area contributed by atoms with Gasteiger partial charge in [-0.1, -0.05) is 41.9 Å². The number of halogens is 1. The lowest BCUT2D eigenvalue weighted by atomic mass is 10.0. The number of carbonyl (C=O) groups excluding carboxylic acids is 1. The van der Waals surface area contributed by atoms with E-state index in [0.29, 0.717) is 21.8 Å². The highest BCUT2D eigenvalue weighted by Gasteiger charge is 2.13. The number of nitriles is 2. The van der Waals surface area contributed by atoms with Crippen LogP contribution in [0.15, 0.2) is 60.3 Å². The molecule has 106 valence electrons. The summed E-state index contributed by atoms with van der Waals surface area (Å²) >= 11 is 5.97. The SMILES string of the molecule is N#CC(C#N)=CNc1ccc(Cl)cc1C(=O)c1ccccc1. The van der Waals surface area contributed by atoms with Crippen LogP contribution in [0.2, 0.25) is 5.02 Å². The van der Waals surface area contributed by atoms with Crippen LogP contribution in [0.4, 0.5) is 5.69 Å². The molecule has 1 N–H and O–H groups in total. The Kier molecular flexibility index (Phi) is 4.93. The van der Waals surface area contributed by atoms with Crippen LogP contribution in [-0.4, -0.2) is 5.78 Å². The number of benzene rings is 2. The number of hydrogen-bond acceptors (Lipinski definition) is 4. The van der Waals surface area contributed by atoms with E-state index in [-0.39, 0.29) is 11.4 Å². The summed E-state index contributed by atoms with van der Waals surface area (Å²) < 4.78 is 0. The first-order chi connectivity index (χ1) is 10.7. The molecule has 0 fully saturated rings. The highest BCUT2D eigenvalue weighted by atomic mass is 35.5. The Bertz CT molecular complexity index is 798. The first-order valence-corrected chi connectivity index (χ1v) is 6.69. The Morgan fingerprint density at radius 2 is 1.77 bits per heavy atom. The molecule has 2 aromatic carbocycles. The number of ketones is 1. The molecule has 0 aliphatic rings. The maximum atomic E-state index is 12.6. The Labute approximate surface area is 132 Å². The van der Waals surface area contributed by atoms with Gasteiger partial charge in [0.25, 0.3) is 0 Å². The molecule has 5 heteroatoms. The predicted molar refractivity (Wildman–Crippen MR) is 84.3 cm³/mol. The van der Waals surface area contributed by atoms with Crippen LogP contribution >= 0.6 is 11.6 Å². The van der Waals surface area contributed by atoms with E-state index in [1.54, 1.807) is 54.6 Å². The zero-order valence-electron chi connectivity index (χ0n) is 11.4. The maximum Gasteiger partial charge on any atom is 0.195 e. The van der Waals surface area contributed by atoms with Gasteiger partial charge in [0, 0.05) is 28.0 Å². The fourth-order valence-corrected chi connectivity index (χ4v) is 1.99. The quantitative estimate of drug-likeness (QED) is 0.686. The van der Waals surface area contributed by atoms with Crippen LogP contribution in [0.3, 0.4) is 0 Å². The topological polar surface area (TPSA) is 76.7 Å². The van der Waals surface area contributed by atoms with E-state index in [9.17, 15) is 4.79 Å². The minimum absolute atomic E-state index is 0.0898. The Morgan fingerprint density at radius 3 is 2.41 bits per heavy atom. The summed E-state index contributed by atoms with van der Waals surface area (Å²) in [5.41, 5.74) is 1.28. The van der Waals surface area contributed by atoms with Gasteiger partial charge in [0.2, 0.25) is 0 Å². The van der Waals surface area contributed by atoms with Gasteiger partial charge in [-0.05, 0) is 18.2 Å². The number of rotatable bonds is 4. The molecular weight excluding hydrogens is 298 g/mol. The van der Waals surface area contributed by atoms with E-state index in [0.717, 1.165) is 0 Å². The van der Waals surface area contributed by atoms with Gasteiger partial charge in [0.05, 0.1) is 0 Å². The molecule has 0 unspecified atom stereocenters. The average molecular weight is 308 g/mol. The van der Waals surface area contributed by atoms with Crippen LogP contribution in [0.1, 0.15) is 15.9 Å². The van der Waals surface area contributed by atoms with E-state index in [4.69, 9.17) is 22.1 Å². The number of nitrogens with zero attached hydrogens (tertiary/aromatic N) is 2. The second kappa shape index (κ2) is 7.08. The van der Waals surface area contributed by atoms with Crippen molar-refractivity contribution in [2.24, 2.45) is 0 Å². The highest BCUT2D eigenvalue weighted by molar-refractivity contribution is 6.31. The summed E-state index contributed by atoms with van der Waals surface area (Å²) in [6, 6.07) is 17.1. The number of nitrogens with one attached hydrogen (secondary N) is 1. The summed E-state index contributed by atoms with van der Waals surface area (Å²) in [5.74, 6) is -0.200. The van der Waals surface area contributed by atoms with Gasteiger partial charge in [-0.2, -0.15) is 10.5 Å². The zero-order valence-corrected chi connectivity index (χ0v) is 12.1. The minimum Gasteiger partial charge on any atom is -0.359 e. The molecule has 22 heavy (non-hydrogen) atoms. The van der Waals surface area contributed by atoms with Gasteiger partial charge in [-0.3, -0.25) is 4.79 Å². The van der Waals surface area contributed by atoms with Gasteiger partial charge in [-0.25, -0.2) is 0 Å². The molecule has 0 heterocycles. The second-order valence-corrected chi connectivity index (χ2v) is 4.75. The molecule has 2 rings (SSSR count). The van der Waals surface area contributed by atoms with Crippen molar-refractivity contribution in [2.75, 3.05) is 5.32 Å². The van der Waals surface area contributed by atoms with Crippen LogP contribution in [0, 0.1) is 22.7 Å². The largest absolute Gasteiger partial charge is 0.359 e. The molecule has 0 bridgehead atoms. The van der Waals surface area contributed by atoms with Crippen molar-refractivity contribution in [1.82, 2.24) is 0 Å². The molecule has 0 amide bonds. The Hall–Kier alpha value is -3.08. The molecule has 2 aromatic rings. The molecule has 0 aliphatic heterocycles. The standard InChI is InChI=1S/C17H10ClN3O/c18-14-6-7-16(21-11-12(9-19)10-20)15(8-14)17(22)13-4-2-1-3-5-13/h1-8,11,21H. The lowest BCUT2D eigenvalue weighted by Crippen LogP contribution is -2.05. The smallest absolute Gasteiger partial charge is 0.195 e. The van der Waals surface area contributed by atoms with Gasteiger partial charge in [0.1, 0.15) is 17.7 Å². The van der Waals surface area contributed by atoms with Crippen LogP contribution in [0.25, 0.3) is 0 Å². The summed E-state index contributed by atoms with van der Waals surface area (Å²) in [4.78, 5) is 12.6. The fourth-order valence-electron chi connectivity index (χ4n) is 1.81. The molecule has 0 aliphatic carbocycles. The van der Waals surface area contributed by atoms with E-state index >= 15 is 0 Å².